The standard InChI is InChI=1S/C17H19BrN2O/c18-16-8-4-5-13(9-16)10-20-11-15(12-21)17(19-20)14-6-2-1-3-7-14/h4-5,8-9,11-12,14H,1-3,6-7,10H2. The van der Waals surface area contributed by atoms with E-state index in [0.717, 1.165) is 34.9 Å². The van der Waals surface area contributed by atoms with Crippen molar-refractivity contribution in [3.8, 4) is 0 Å². The van der Waals surface area contributed by atoms with Gasteiger partial charge in [-0.15, -0.1) is 0 Å². The Morgan fingerprint density at radius 1 is 1.29 bits per heavy atom. The van der Waals surface area contributed by atoms with E-state index in [1.807, 2.05) is 23.0 Å². The van der Waals surface area contributed by atoms with E-state index in [2.05, 4.69) is 28.1 Å². The average Bonchev–Trinajstić information content (AvgIpc) is 2.91. The molecule has 0 amide bonds. The fourth-order valence-corrected chi connectivity index (χ4v) is 3.59. The van der Waals surface area contributed by atoms with E-state index in [1.165, 1.54) is 24.8 Å². The minimum Gasteiger partial charge on any atom is -0.298 e. The predicted octanol–water partition coefficient (Wildman–Crippen LogP) is 4.55. The molecule has 0 atom stereocenters. The largest absolute Gasteiger partial charge is 0.298 e. The summed E-state index contributed by atoms with van der Waals surface area (Å²) in [5.41, 5.74) is 2.94. The van der Waals surface area contributed by atoms with Gasteiger partial charge in [0.1, 0.15) is 0 Å². The molecule has 0 bridgehead atoms. The summed E-state index contributed by atoms with van der Waals surface area (Å²) >= 11 is 3.49. The van der Waals surface area contributed by atoms with Crippen molar-refractivity contribution in [3.63, 3.8) is 0 Å². The van der Waals surface area contributed by atoms with E-state index >= 15 is 0 Å². The maximum atomic E-state index is 11.3. The van der Waals surface area contributed by atoms with Crippen LogP contribution in [0.4, 0.5) is 0 Å². The Morgan fingerprint density at radius 2 is 2.10 bits per heavy atom. The van der Waals surface area contributed by atoms with Crippen LogP contribution in [0.15, 0.2) is 34.9 Å². The Balaban J connectivity index is 1.83. The zero-order valence-electron chi connectivity index (χ0n) is 12.0. The topological polar surface area (TPSA) is 34.9 Å². The molecule has 1 aromatic heterocycles. The number of carbonyl (C=O) groups excluding carboxylic acids is 1. The normalized spacial score (nSPS) is 16.0. The Kier molecular flexibility index (Phi) is 4.54. The van der Waals surface area contributed by atoms with Crippen LogP contribution in [0.25, 0.3) is 0 Å². The molecule has 4 heteroatoms. The third-order valence-electron chi connectivity index (χ3n) is 4.17. The number of carbonyl (C=O) groups is 1. The van der Waals surface area contributed by atoms with Crippen molar-refractivity contribution in [1.82, 2.24) is 9.78 Å². The number of hydrogen-bond acceptors (Lipinski definition) is 2. The fraction of sp³-hybridized carbons (Fsp3) is 0.412. The molecular formula is C17H19BrN2O. The highest BCUT2D eigenvalue weighted by molar-refractivity contribution is 9.10. The molecule has 21 heavy (non-hydrogen) atoms. The first-order valence-corrected chi connectivity index (χ1v) is 8.32. The van der Waals surface area contributed by atoms with Gasteiger partial charge in [0.2, 0.25) is 0 Å². The van der Waals surface area contributed by atoms with E-state index in [9.17, 15) is 4.79 Å². The third-order valence-corrected chi connectivity index (χ3v) is 4.67. The molecule has 3 rings (SSSR count). The summed E-state index contributed by atoms with van der Waals surface area (Å²) in [5, 5.41) is 4.70. The molecule has 0 aliphatic heterocycles. The molecule has 3 nitrogen and oxygen atoms in total. The molecule has 0 radical (unpaired) electrons. The maximum absolute atomic E-state index is 11.3. The number of aldehydes is 1. The molecule has 1 aliphatic carbocycles. The van der Waals surface area contributed by atoms with Crippen LogP contribution in [-0.2, 0) is 6.54 Å². The summed E-state index contributed by atoms with van der Waals surface area (Å²) in [5.74, 6) is 0.461. The average molecular weight is 347 g/mol. The van der Waals surface area contributed by atoms with Crippen LogP contribution in [0.3, 0.4) is 0 Å². The minimum absolute atomic E-state index is 0.461. The van der Waals surface area contributed by atoms with Crippen LogP contribution in [0.5, 0.6) is 0 Å². The highest BCUT2D eigenvalue weighted by Gasteiger charge is 2.21. The maximum Gasteiger partial charge on any atom is 0.153 e. The van der Waals surface area contributed by atoms with Gasteiger partial charge < -0.3 is 0 Å². The summed E-state index contributed by atoms with van der Waals surface area (Å²) in [6, 6.07) is 8.19. The van der Waals surface area contributed by atoms with Crippen LogP contribution >= 0.6 is 15.9 Å². The third kappa shape index (κ3) is 3.43. The van der Waals surface area contributed by atoms with Crippen LogP contribution in [-0.4, -0.2) is 16.1 Å². The molecule has 0 N–H and O–H groups in total. The summed E-state index contributed by atoms with van der Waals surface area (Å²) in [7, 11) is 0. The lowest BCUT2D eigenvalue weighted by atomic mass is 9.86. The lowest BCUT2D eigenvalue weighted by Crippen LogP contribution is -2.08. The van der Waals surface area contributed by atoms with Crippen molar-refractivity contribution in [3.05, 3.63) is 51.8 Å². The second-order valence-electron chi connectivity index (χ2n) is 5.75. The van der Waals surface area contributed by atoms with Crippen molar-refractivity contribution >= 4 is 22.2 Å². The van der Waals surface area contributed by atoms with Crippen molar-refractivity contribution in [2.75, 3.05) is 0 Å². The Bertz CT molecular complexity index is 629. The van der Waals surface area contributed by atoms with Gasteiger partial charge in [0.05, 0.1) is 17.8 Å². The molecule has 0 saturated heterocycles. The molecule has 1 fully saturated rings. The van der Waals surface area contributed by atoms with Gasteiger partial charge in [-0.3, -0.25) is 9.48 Å². The van der Waals surface area contributed by atoms with E-state index in [4.69, 9.17) is 5.10 Å². The van der Waals surface area contributed by atoms with Gasteiger partial charge in [-0.05, 0) is 30.5 Å². The van der Waals surface area contributed by atoms with Crippen LogP contribution in [0.2, 0.25) is 0 Å². The number of aromatic nitrogens is 2. The Morgan fingerprint density at radius 3 is 2.81 bits per heavy atom. The molecule has 1 aromatic carbocycles. The van der Waals surface area contributed by atoms with Gasteiger partial charge in [-0.1, -0.05) is 47.3 Å². The Hall–Kier alpha value is -1.42. The first-order valence-electron chi connectivity index (χ1n) is 7.53. The first kappa shape index (κ1) is 14.5. The van der Waals surface area contributed by atoms with E-state index < -0.39 is 0 Å². The van der Waals surface area contributed by atoms with E-state index in [-0.39, 0.29) is 0 Å². The SMILES string of the molecule is O=Cc1cn(Cc2cccc(Br)c2)nc1C1CCCCC1. The molecule has 110 valence electrons. The summed E-state index contributed by atoms with van der Waals surface area (Å²) in [4.78, 5) is 11.3. The van der Waals surface area contributed by atoms with Crippen molar-refractivity contribution < 1.29 is 4.79 Å². The van der Waals surface area contributed by atoms with Gasteiger partial charge in [-0.2, -0.15) is 5.10 Å². The smallest absolute Gasteiger partial charge is 0.153 e. The molecular weight excluding hydrogens is 328 g/mol. The summed E-state index contributed by atoms with van der Waals surface area (Å²) in [6.07, 6.45) is 8.98. The molecule has 2 aromatic rings. The molecule has 1 heterocycles. The molecule has 0 spiro atoms. The quantitative estimate of drug-likeness (QED) is 0.761. The van der Waals surface area contributed by atoms with Gasteiger partial charge in [0.25, 0.3) is 0 Å². The second-order valence-corrected chi connectivity index (χ2v) is 6.67. The zero-order valence-corrected chi connectivity index (χ0v) is 13.6. The van der Waals surface area contributed by atoms with Gasteiger partial charge >= 0.3 is 0 Å². The molecule has 1 saturated carbocycles. The predicted molar refractivity (Wildman–Crippen MR) is 86.7 cm³/mol. The Labute approximate surface area is 133 Å². The molecule has 0 unspecified atom stereocenters. The highest BCUT2D eigenvalue weighted by Crippen LogP contribution is 2.33. The highest BCUT2D eigenvalue weighted by atomic mass is 79.9. The van der Waals surface area contributed by atoms with Crippen LogP contribution < -0.4 is 0 Å². The summed E-state index contributed by atoms with van der Waals surface area (Å²) < 4.78 is 2.96. The number of hydrogen-bond donors (Lipinski definition) is 0. The summed E-state index contributed by atoms with van der Waals surface area (Å²) in [6.45, 7) is 0.701. The van der Waals surface area contributed by atoms with Crippen molar-refractivity contribution in [1.29, 1.82) is 0 Å². The van der Waals surface area contributed by atoms with Crippen LogP contribution in [0.1, 0.15) is 59.6 Å². The fourth-order valence-electron chi connectivity index (χ4n) is 3.14. The molecule has 1 aliphatic rings. The minimum atomic E-state index is 0.461. The first-order chi connectivity index (χ1) is 10.3. The van der Waals surface area contributed by atoms with Crippen LogP contribution in [0, 0.1) is 0 Å². The number of rotatable bonds is 4. The van der Waals surface area contributed by atoms with Gasteiger partial charge in [0.15, 0.2) is 6.29 Å². The lowest BCUT2D eigenvalue weighted by molar-refractivity contribution is 0.112. The zero-order chi connectivity index (χ0) is 14.7. The van der Waals surface area contributed by atoms with Crippen molar-refractivity contribution in [2.45, 2.75) is 44.6 Å². The second kappa shape index (κ2) is 6.56. The van der Waals surface area contributed by atoms with Gasteiger partial charge in [0, 0.05) is 16.6 Å². The van der Waals surface area contributed by atoms with E-state index in [1.54, 1.807) is 0 Å². The number of halogens is 1. The number of nitrogens with zero attached hydrogens (tertiary/aromatic N) is 2. The lowest BCUT2D eigenvalue weighted by Gasteiger charge is -2.20. The van der Waals surface area contributed by atoms with Crippen molar-refractivity contribution in [2.24, 2.45) is 0 Å². The monoisotopic (exact) mass is 346 g/mol. The van der Waals surface area contributed by atoms with E-state index in [0.29, 0.717) is 12.5 Å². The van der Waals surface area contributed by atoms with Gasteiger partial charge in [-0.25, -0.2) is 0 Å². The number of benzene rings is 1.